The van der Waals surface area contributed by atoms with Crippen molar-refractivity contribution in [3.63, 3.8) is 0 Å². The monoisotopic (exact) mass is 364 g/mol. The predicted molar refractivity (Wildman–Crippen MR) is 96.1 cm³/mol. The molecule has 0 atom stereocenters. The molecule has 1 aliphatic rings. The zero-order valence-corrected chi connectivity index (χ0v) is 15.9. The van der Waals surface area contributed by atoms with E-state index in [1.165, 1.54) is 0 Å². The van der Waals surface area contributed by atoms with E-state index in [-0.39, 0.29) is 30.9 Å². The van der Waals surface area contributed by atoms with Crippen LogP contribution < -0.4 is 5.32 Å². The summed E-state index contributed by atoms with van der Waals surface area (Å²) in [7, 11) is 0. The van der Waals surface area contributed by atoms with Crippen LogP contribution in [0.5, 0.6) is 0 Å². The Labute approximate surface area is 153 Å². The first kappa shape index (κ1) is 20.0. The fraction of sp³-hybridized carbons (Fsp3) is 0.632. The number of aryl methyl sites for hydroxylation is 1. The number of aromatic nitrogens is 1. The van der Waals surface area contributed by atoms with Gasteiger partial charge in [0.05, 0.1) is 12.2 Å². The topological polar surface area (TPSA) is 97.5 Å². The molecule has 1 heterocycles. The zero-order valence-electron chi connectivity index (χ0n) is 15.9. The third kappa shape index (κ3) is 4.86. The number of H-pyrrole nitrogens is 1. The lowest BCUT2D eigenvalue weighted by Crippen LogP contribution is -2.39. The third-order valence-corrected chi connectivity index (χ3v) is 4.84. The number of amides is 1. The highest BCUT2D eigenvalue weighted by Gasteiger charge is 2.25. The van der Waals surface area contributed by atoms with Gasteiger partial charge in [0.2, 0.25) is 0 Å². The highest BCUT2D eigenvalue weighted by Crippen LogP contribution is 2.23. The molecular weight excluding hydrogens is 336 g/mol. The lowest BCUT2D eigenvalue weighted by atomic mass is 9.87. The van der Waals surface area contributed by atoms with E-state index in [4.69, 9.17) is 9.47 Å². The molecule has 0 spiro atoms. The molecule has 1 amide bonds. The van der Waals surface area contributed by atoms with Crippen LogP contribution in [0.2, 0.25) is 0 Å². The van der Waals surface area contributed by atoms with Crippen molar-refractivity contribution in [3.05, 3.63) is 22.5 Å². The number of ether oxygens (including phenoxy) is 2. The number of esters is 2. The molecule has 7 nitrogen and oxygen atoms in total. The van der Waals surface area contributed by atoms with Gasteiger partial charge in [-0.25, -0.2) is 9.59 Å². The smallest absolute Gasteiger partial charge is 0.355 e. The fourth-order valence-corrected chi connectivity index (χ4v) is 3.34. The third-order valence-electron chi connectivity index (χ3n) is 4.84. The Kier molecular flexibility index (Phi) is 6.83. The quantitative estimate of drug-likeness (QED) is 0.756. The zero-order chi connectivity index (χ0) is 19.3. The summed E-state index contributed by atoms with van der Waals surface area (Å²) < 4.78 is 10.1. The van der Waals surface area contributed by atoms with Crippen LogP contribution in [0.1, 0.15) is 71.6 Å². The minimum absolute atomic E-state index is 0.155. The summed E-state index contributed by atoms with van der Waals surface area (Å²) >= 11 is 0. The Morgan fingerprint density at radius 2 is 1.73 bits per heavy atom. The van der Waals surface area contributed by atoms with Crippen molar-refractivity contribution in [2.75, 3.05) is 13.2 Å². The van der Waals surface area contributed by atoms with E-state index in [0.717, 1.165) is 25.7 Å². The summed E-state index contributed by atoms with van der Waals surface area (Å²) in [6, 6.07) is 0.155. The van der Waals surface area contributed by atoms with Crippen molar-refractivity contribution in [1.29, 1.82) is 0 Å². The minimum atomic E-state index is -0.659. The van der Waals surface area contributed by atoms with Crippen LogP contribution in [0.15, 0.2) is 0 Å². The number of carbonyl (C=O) groups is 3. The van der Waals surface area contributed by atoms with Crippen molar-refractivity contribution in [2.45, 2.75) is 59.4 Å². The number of carbonyl (C=O) groups excluding carboxylic acids is 3. The Bertz CT molecular complexity index is 672. The highest BCUT2D eigenvalue weighted by atomic mass is 16.5. The average molecular weight is 364 g/mol. The van der Waals surface area contributed by atoms with Crippen LogP contribution >= 0.6 is 0 Å². The molecule has 26 heavy (non-hydrogen) atoms. The van der Waals surface area contributed by atoms with Crippen LogP contribution in [0.3, 0.4) is 0 Å². The SMILES string of the molecule is CCOC(=O)c1c(C)[nH]c(C(=O)OCC(=O)NC2CCC(C)CC2)c1C. The molecule has 2 rings (SSSR count). The second-order valence-corrected chi connectivity index (χ2v) is 6.95. The molecular formula is C19H28N2O5. The van der Waals surface area contributed by atoms with Gasteiger partial charge in [0, 0.05) is 11.7 Å². The molecule has 2 N–H and O–H groups in total. The van der Waals surface area contributed by atoms with Gasteiger partial charge in [0.25, 0.3) is 5.91 Å². The van der Waals surface area contributed by atoms with E-state index in [9.17, 15) is 14.4 Å². The number of hydrogen-bond acceptors (Lipinski definition) is 5. The summed E-state index contributed by atoms with van der Waals surface area (Å²) in [6.45, 7) is 7.18. The van der Waals surface area contributed by atoms with E-state index in [1.807, 2.05) is 0 Å². The summed E-state index contributed by atoms with van der Waals surface area (Å²) in [5, 5.41) is 2.91. The van der Waals surface area contributed by atoms with Gasteiger partial charge >= 0.3 is 11.9 Å². The van der Waals surface area contributed by atoms with Gasteiger partial charge < -0.3 is 19.8 Å². The minimum Gasteiger partial charge on any atom is -0.462 e. The molecule has 1 fully saturated rings. The number of hydrogen-bond donors (Lipinski definition) is 2. The van der Waals surface area contributed by atoms with Crippen molar-refractivity contribution >= 4 is 17.8 Å². The normalized spacial score (nSPS) is 19.7. The molecule has 0 aliphatic heterocycles. The molecule has 144 valence electrons. The molecule has 7 heteroatoms. The van der Waals surface area contributed by atoms with Gasteiger partial charge in [-0.15, -0.1) is 0 Å². The molecule has 0 unspecified atom stereocenters. The van der Waals surface area contributed by atoms with Crippen molar-refractivity contribution < 1.29 is 23.9 Å². The Balaban J connectivity index is 1.90. The van der Waals surface area contributed by atoms with E-state index in [0.29, 0.717) is 22.7 Å². The van der Waals surface area contributed by atoms with Gasteiger partial charge in [-0.2, -0.15) is 0 Å². The Hall–Kier alpha value is -2.31. The first-order chi connectivity index (χ1) is 12.3. The van der Waals surface area contributed by atoms with E-state index >= 15 is 0 Å². The molecule has 1 saturated carbocycles. The van der Waals surface area contributed by atoms with Crippen LogP contribution in [-0.4, -0.2) is 42.1 Å². The molecule has 1 aliphatic carbocycles. The maximum Gasteiger partial charge on any atom is 0.355 e. The molecule has 0 radical (unpaired) electrons. The standard InChI is InChI=1S/C19H28N2O5/c1-5-25-18(23)16-12(3)17(20-13(16)4)19(24)26-10-15(22)21-14-8-6-11(2)7-9-14/h11,14,20H,5-10H2,1-4H3,(H,21,22). The van der Waals surface area contributed by atoms with Crippen molar-refractivity contribution in [2.24, 2.45) is 5.92 Å². The molecule has 0 bridgehead atoms. The predicted octanol–water partition coefficient (Wildman–Crippen LogP) is 2.66. The summed E-state index contributed by atoms with van der Waals surface area (Å²) in [5.74, 6) is -0.742. The molecule has 1 aromatic rings. The molecule has 0 aromatic carbocycles. The summed E-state index contributed by atoms with van der Waals surface area (Å²) in [5.41, 5.74) is 1.51. The van der Waals surface area contributed by atoms with Crippen molar-refractivity contribution in [3.8, 4) is 0 Å². The van der Waals surface area contributed by atoms with E-state index in [2.05, 4.69) is 17.2 Å². The van der Waals surface area contributed by atoms with Gasteiger partial charge in [0.15, 0.2) is 6.61 Å². The number of nitrogens with one attached hydrogen (secondary N) is 2. The maximum atomic E-state index is 12.3. The van der Waals surface area contributed by atoms with Gasteiger partial charge in [-0.1, -0.05) is 6.92 Å². The first-order valence-electron chi connectivity index (χ1n) is 9.16. The molecule has 1 aromatic heterocycles. The van der Waals surface area contributed by atoms with Gasteiger partial charge in [-0.05, 0) is 57.9 Å². The lowest BCUT2D eigenvalue weighted by Gasteiger charge is -2.26. The van der Waals surface area contributed by atoms with E-state index in [1.54, 1.807) is 20.8 Å². The summed E-state index contributed by atoms with van der Waals surface area (Å²) in [4.78, 5) is 39.1. The van der Waals surface area contributed by atoms with Crippen LogP contribution in [0, 0.1) is 19.8 Å². The van der Waals surface area contributed by atoms with Crippen LogP contribution in [-0.2, 0) is 14.3 Å². The van der Waals surface area contributed by atoms with Crippen LogP contribution in [0.25, 0.3) is 0 Å². The second-order valence-electron chi connectivity index (χ2n) is 6.95. The van der Waals surface area contributed by atoms with E-state index < -0.39 is 11.9 Å². The highest BCUT2D eigenvalue weighted by molar-refractivity contribution is 5.99. The lowest BCUT2D eigenvalue weighted by molar-refractivity contribution is -0.125. The number of rotatable bonds is 6. The Morgan fingerprint density at radius 3 is 2.35 bits per heavy atom. The van der Waals surface area contributed by atoms with Gasteiger partial charge in [0.1, 0.15) is 5.69 Å². The van der Waals surface area contributed by atoms with Crippen LogP contribution in [0.4, 0.5) is 0 Å². The number of aromatic amines is 1. The average Bonchev–Trinajstić information content (AvgIpc) is 2.89. The largest absolute Gasteiger partial charge is 0.462 e. The van der Waals surface area contributed by atoms with Gasteiger partial charge in [-0.3, -0.25) is 4.79 Å². The maximum absolute atomic E-state index is 12.3. The molecule has 0 saturated heterocycles. The second kappa shape index (κ2) is 8.87. The fourth-order valence-electron chi connectivity index (χ4n) is 3.34. The summed E-state index contributed by atoms with van der Waals surface area (Å²) in [6.07, 6.45) is 4.11. The Morgan fingerprint density at radius 1 is 1.08 bits per heavy atom. The first-order valence-corrected chi connectivity index (χ1v) is 9.16. The van der Waals surface area contributed by atoms with Crippen molar-refractivity contribution in [1.82, 2.24) is 10.3 Å².